The van der Waals surface area contributed by atoms with E-state index in [2.05, 4.69) is 32.6 Å². The van der Waals surface area contributed by atoms with Gasteiger partial charge in [0.15, 0.2) is 0 Å². The van der Waals surface area contributed by atoms with Crippen molar-refractivity contribution in [2.75, 3.05) is 12.4 Å². The Morgan fingerprint density at radius 2 is 2.00 bits per heavy atom. The smallest absolute Gasteiger partial charge is 0.0449 e. The number of alkyl halides is 1. The van der Waals surface area contributed by atoms with E-state index in [1.165, 1.54) is 0 Å². The minimum absolute atomic E-state index is 0.291. The van der Waals surface area contributed by atoms with Gasteiger partial charge in [0.25, 0.3) is 0 Å². The van der Waals surface area contributed by atoms with Crippen LogP contribution >= 0.6 is 11.6 Å². The number of rotatable bonds is 1. The highest BCUT2D eigenvalue weighted by Gasteiger charge is 2.52. The lowest BCUT2D eigenvalue weighted by atomic mass is 10.1. The van der Waals surface area contributed by atoms with Crippen LogP contribution in [0.1, 0.15) is 27.7 Å². The molecule has 1 heterocycles. The van der Waals surface area contributed by atoms with Crippen LogP contribution in [0.5, 0.6) is 0 Å². The lowest BCUT2D eigenvalue weighted by molar-refractivity contribution is 0.259. The molecule has 0 aliphatic carbocycles. The van der Waals surface area contributed by atoms with Gasteiger partial charge in [0.1, 0.15) is 0 Å². The van der Waals surface area contributed by atoms with E-state index in [4.69, 9.17) is 11.6 Å². The van der Waals surface area contributed by atoms with Gasteiger partial charge in [-0.1, -0.05) is 0 Å². The molecule has 60 valence electrons. The van der Waals surface area contributed by atoms with Crippen molar-refractivity contribution < 1.29 is 0 Å². The fraction of sp³-hybridized carbons (Fsp3) is 1.00. The molecule has 0 aromatic rings. The van der Waals surface area contributed by atoms with E-state index in [0.29, 0.717) is 11.1 Å². The summed E-state index contributed by atoms with van der Waals surface area (Å²) in [6.45, 7) is 10.0. The predicted octanol–water partition coefficient (Wildman–Crippen LogP) is 2.10. The highest BCUT2D eigenvalue weighted by molar-refractivity contribution is 6.18. The average Bonchev–Trinajstić information content (AvgIpc) is 2.43. The summed E-state index contributed by atoms with van der Waals surface area (Å²) in [5.74, 6) is 0.754. The highest BCUT2D eigenvalue weighted by Crippen LogP contribution is 2.39. The third-order valence-corrected chi connectivity index (χ3v) is 2.72. The normalized spacial score (nSPS) is 39.9. The molecule has 0 aromatic heterocycles. The molecule has 0 radical (unpaired) electrons. The molecule has 0 bridgehead atoms. The summed E-state index contributed by atoms with van der Waals surface area (Å²) < 4.78 is 0. The molecule has 10 heavy (non-hydrogen) atoms. The Morgan fingerprint density at radius 3 is 2.10 bits per heavy atom. The van der Waals surface area contributed by atoms with Crippen molar-refractivity contribution in [3.8, 4) is 0 Å². The summed E-state index contributed by atoms with van der Waals surface area (Å²) in [4.78, 5) is 2.42. The molecule has 1 saturated heterocycles. The first-order valence-corrected chi connectivity index (χ1v) is 4.27. The van der Waals surface area contributed by atoms with Crippen LogP contribution in [0.15, 0.2) is 0 Å². The van der Waals surface area contributed by atoms with Crippen LogP contribution in [0.25, 0.3) is 0 Å². The minimum atomic E-state index is 0.291. The molecule has 2 heteroatoms. The van der Waals surface area contributed by atoms with Gasteiger partial charge in [0, 0.05) is 23.5 Å². The standard InChI is InChI=1S/C8H16ClN/c1-7(2,3)10-6-8(10,4)5-9/h5-6H2,1-4H3. The van der Waals surface area contributed by atoms with Gasteiger partial charge in [0.2, 0.25) is 0 Å². The van der Waals surface area contributed by atoms with E-state index in [0.717, 1.165) is 12.4 Å². The second kappa shape index (κ2) is 2.12. The van der Waals surface area contributed by atoms with Gasteiger partial charge in [-0.15, -0.1) is 11.6 Å². The Kier molecular flexibility index (Phi) is 1.77. The Balaban J connectivity index is 2.52. The lowest BCUT2D eigenvalue weighted by Gasteiger charge is -2.24. The third kappa shape index (κ3) is 1.30. The third-order valence-electron chi connectivity index (χ3n) is 2.14. The van der Waals surface area contributed by atoms with Crippen LogP contribution in [-0.2, 0) is 0 Å². The first-order valence-electron chi connectivity index (χ1n) is 3.74. The summed E-state index contributed by atoms with van der Waals surface area (Å²) >= 11 is 5.80. The van der Waals surface area contributed by atoms with Gasteiger partial charge in [-0.05, 0) is 27.7 Å². The Morgan fingerprint density at radius 1 is 1.50 bits per heavy atom. The van der Waals surface area contributed by atoms with Crippen molar-refractivity contribution in [2.45, 2.75) is 38.8 Å². The van der Waals surface area contributed by atoms with Crippen molar-refractivity contribution in [1.29, 1.82) is 0 Å². The molecule has 1 nitrogen and oxygen atoms in total. The highest BCUT2D eigenvalue weighted by atomic mass is 35.5. The maximum absolute atomic E-state index is 5.80. The molecule has 0 saturated carbocycles. The van der Waals surface area contributed by atoms with E-state index in [1.807, 2.05) is 0 Å². The first kappa shape index (κ1) is 8.35. The van der Waals surface area contributed by atoms with E-state index >= 15 is 0 Å². The molecule has 2 unspecified atom stereocenters. The number of nitrogens with zero attached hydrogens (tertiary/aromatic N) is 1. The van der Waals surface area contributed by atoms with Gasteiger partial charge >= 0.3 is 0 Å². The molecule has 0 N–H and O–H groups in total. The molecule has 1 fully saturated rings. The van der Waals surface area contributed by atoms with Gasteiger partial charge in [-0.2, -0.15) is 0 Å². The number of halogens is 1. The molecule has 0 aromatic carbocycles. The number of hydrogen-bond acceptors (Lipinski definition) is 1. The Hall–Kier alpha value is 0.250. The summed E-state index contributed by atoms with van der Waals surface area (Å²) in [6.07, 6.45) is 0. The van der Waals surface area contributed by atoms with Crippen molar-refractivity contribution >= 4 is 11.6 Å². The van der Waals surface area contributed by atoms with Gasteiger partial charge in [-0.25, -0.2) is 0 Å². The Labute approximate surface area is 68.4 Å². The SMILES string of the molecule is CC(C)(C)N1CC1(C)CCl. The molecule has 0 amide bonds. The zero-order chi connectivity index (χ0) is 7.99. The maximum Gasteiger partial charge on any atom is 0.0449 e. The summed E-state index contributed by atoms with van der Waals surface area (Å²) in [5.41, 5.74) is 0.587. The quantitative estimate of drug-likeness (QED) is 0.421. The molecule has 2 atom stereocenters. The summed E-state index contributed by atoms with van der Waals surface area (Å²) in [7, 11) is 0. The van der Waals surface area contributed by atoms with Gasteiger partial charge < -0.3 is 0 Å². The maximum atomic E-state index is 5.80. The minimum Gasteiger partial charge on any atom is -0.289 e. The second-order valence-electron chi connectivity index (χ2n) is 4.39. The van der Waals surface area contributed by atoms with Gasteiger partial charge in [-0.3, -0.25) is 4.90 Å². The van der Waals surface area contributed by atoms with Crippen LogP contribution in [0, 0.1) is 0 Å². The molecular weight excluding hydrogens is 146 g/mol. The molecule has 1 aliphatic heterocycles. The topological polar surface area (TPSA) is 3.01 Å². The zero-order valence-corrected chi connectivity index (χ0v) is 8.00. The van der Waals surface area contributed by atoms with Crippen LogP contribution in [-0.4, -0.2) is 28.4 Å². The second-order valence-corrected chi connectivity index (χ2v) is 4.65. The fourth-order valence-corrected chi connectivity index (χ4v) is 1.70. The van der Waals surface area contributed by atoms with E-state index in [9.17, 15) is 0 Å². The average molecular weight is 162 g/mol. The Bertz CT molecular complexity index is 139. The van der Waals surface area contributed by atoms with Crippen LogP contribution in [0.3, 0.4) is 0 Å². The van der Waals surface area contributed by atoms with E-state index < -0.39 is 0 Å². The first-order chi connectivity index (χ1) is 4.40. The van der Waals surface area contributed by atoms with Crippen molar-refractivity contribution in [2.24, 2.45) is 0 Å². The zero-order valence-electron chi connectivity index (χ0n) is 7.24. The number of hydrogen-bond donors (Lipinski definition) is 0. The molecule has 0 spiro atoms. The van der Waals surface area contributed by atoms with Crippen molar-refractivity contribution in [3.63, 3.8) is 0 Å². The van der Waals surface area contributed by atoms with Crippen molar-refractivity contribution in [3.05, 3.63) is 0 Å². The van der Waals surface area contributed by atoms with E-state index in [-0.39, 0.29) is 0 Å². The fourth-order valence-electron chi connectivity index (χ4n) is 1.47. The predicted molar refractivity (Wildman–Crippen MR) is 45.6 cm³/mol. The van der Waals surface area contributed by atoms with Gasteiger partial charge in [0.05, 0.1) is 0 Å². The molecular formula is C8H16ClN. The summed E-state index contributed by atoms with van der Waals surface area (Å²) in [6, 6.07) is 0. The van der Waals surface area contributed by atoms with Crippen LogP contribution in [0.2, 0.25) is 0 Å². The van der Waals surface area contributed by atoms with Crippen LogP contribution in [0.4, 0.5) is 0 Å². The lowest BCUT2D eigenvalue weighted by Crippen LogP contribution is -2.32. The van der Waals surface area contributed by atoms with Crippen LogP contribution < -0.4 is 0 Å². The largest absolute Gasteiger partial charge is 0.289 e. The molecule has 1 rings (SSSR count). The van der Waals surface area contributed by atoms with E-state index in [1.54, 1.807) is 0 Å². The molecule has 1 aliphatic rings. The monoisotopic (exact) mass is 161 g/mol. The van der Waals surface area contributed by atoms with Crippen molar-refractivity contribution in [1.82, 2.24) is 4.90 Å². The summed E-state index contributed by atoms with van der Waals surface area (Å²) in [5, 5.41) is 0.